The summed E-state index contributed by atoms with van der Waals surface area (Å²) in [5, 5.41) is 4.48. The number of carbonyl (C=O) groups excluding carboxylic acids is 1. The lowest BCUT2D eigenvalue weighted by molar-refractivity contribution is 0.0763. The highest BCUT2D eigenvalue weighted by Crippen LogP contribution is 2.35. The Labute approximate surface area is 144 Å². The van der Waals surface area contributed by atoms with Gasteiger partial charge in [0.1, 0.15) is 4.83 Å². The molecule has 7 heteroatoms. The standard InChI is InChI=1S/C16H22N4OS2/c1-19(2)16-18-14-12(23-16)7-13(22-14)15(21)20-5-3-10-8-17-9-11(10)4-6-20/h7,10-11,17H,3-6,8-9H2,1-2H3/t10-,11+. The quantitative estimate of drug-likeness (QED) is 0.904. The van der Waals surface area contributed by atoms with Crippen molar-refractivity contribution in [2.45, 2.75) is 12.8 Å². The van der Waals surface area contributed by atoms with Crippen LogP contribution in [0.5, 0.6) is 0 Å². The average Bonchev–Trinajstić information content (AvgIpc) is 3.18. The number of nitrogens with one attached hydrogen (secondary N) is 1. The molecule has 0 bridgehead atoms. The molecule has 23 heavy (non-hydrogen) atoms. The van der Waals surface area contributed by atoms with Crippen molar-refractivity contribution in [2.75, 3.05) is 45.2 Å². The molecular formula is C16H22N4OS2. The maximum absolute atomic E-state index is 12.8. The Balaban J connectivity index is 1.51. The van der Waals surface area contributed by atoms with Gasteiger partial charge in [0.15, 0.2) is 5.13 Å². The molecule has 2 aliphatic heterocycles. The zero-order valence-corrected chi connectivity index (χ0v) is 15.2. The first-order chi connectivity index (χ1) is 11.1. The molecule has 0 unspecified atom stereocenters. The summed E-state index contributed by atoms with van der Waals surface area (Å²) in [5.41, 5.74) is 0. The van der Waals surface area contributed by atoms with Gasteiger partial charge in [0.2, 0.25) is 0 Å². The van der Waals surface area contributed by atoms with Crippen molar-refractivity contribution in [3.63, 3.8) is 0 Å². The average molecular weight is 351 g/mol. The van der Waals surface area contributed by atoms with Gasteiger partial charge in [-0.15, -0.1) is 11.3 Å². The van der Waals surface area contributed by atoms with Crippen molar-refractivity contribution >= 4 is 43.2 Å². The van der Waals surface area contributed by atoms with Crippen LogP contribution in [0.3, 0.4) is 0 Å². The minimum Gasteiger partial charge on any atom is -0.354 e. The number of aromatic nitrogens is 1. The third-order valence-corrected chi connectivity index (χ3v) is 7.29. The number of fused-ring (bicyclic) bond motifs is 2. The number of thiophene rings is 1. The van der Waals surface area contributed by atoms with Gasteiger partial charge < -0.3 is 15.1 Å². The maximum atomic E-state index is 12.8. The highest BCUT2D eigenvalue weighted by Gasteiger charge is 2.32. The summed E-state index contributed by atoms with van der Waals surface area (Å²) in [6.45, 7) is 4.03. The van der Waals surface area contributed by atoms with Crippen LogP contribution in [0.1, 0.15) is 22.5 Å². The second kappa shape index (κ2) is 6.03. The number of rotatable bonds is 2. The Bertz CT molecular complexity index is 677. The highest BCUT2D eigenvalue weighted by atomic mass is 32.1. The third-order valence-electron chi connectivity index (χ3n) is 4.98. The number of hydrogen-bond acceptors (Lipinski definition) is 6. The molecular weight excluding hydrogens is 328 g/mol. The largest absolute Gasteiger partial charge is 0.354 e. The molecule has 2 fully saturated rings. The second-order valence-electron chi connectivity index (χ2n) is 6.72. The van der Waals surface area contributed by atoms with Gasteiger partial charge >= 0.3 is 0 Å². The first kappa shape index (κ1) is 15.4. The van der Waals surface area contributed by atoms with Crippen molar-refractivity contribution in [1.29, 1.82) is 0 Å². The molecule has 0 aromatic carbocycles. The van der Waals surface area contributed by atoms with Crippen LogP contribution < -0.4 is 10.2 Å². The highest BCUT2D eigenvalue weighted by molar-refractivity contribution is 7.29. The molecule has 4 heterocycles. The molecule has 0 spiro atoms. The molecule has 2 aromatic heterocycles. The van der Waals surface area contributed by atoms with E-state index < -0.39 is 0 Å². The van der Waals surface area contributed by atoms with Crippen LogP contribution in [-0.2, 0) is 0 Å². The maximum Gasteiger partial charge on any atom is 0.264 e. The lowest BCUT2D eigenvalue weighted by Gasteiger charge is -2.20. The number of hydrogen-bond donors (Lipinski definition) is 1. The van der Waals surface area contributed by atoms with Crippen LogP contribution in [-0.4, -0.2) is 56.1 Å². The Morgan fingerprint density at radius 1 is 1.26 bits per heavy atom. The summed E-state index contributed by atoms with van der Waals surface area (Å²) in [5.74, 6) is 1.70. The van der Waals surface area contributed by atoms with E-state index in [1.807, 2.05) is 25.1 Å². The Morgan fingerprint density at radius 2 is 1.96 bits per heavy atom. The fraction of sp³-hybridized carbons (Fsp3) is 0.625. The molecule has 5 nitrogen and oxygen atoms in total. The van der Waals surface area contributed by atoms with E-state index in [0.29, 0.717) is 0 Å². The normalized spacial score (nSPS) is 24.7. The van der Waals surface area contributed by atoms with Gasteiger partial charge in [-0.2, -0.15) is 0 Å². The smallest absolute Gasteiger partial charge is 0.264 e. The van der Waals surface area contributed by atoms with Gasteiger partial charge in [-0.05, 0) is 43.8 Å². The summed E-state index contributed by atoms with van der Waals surface area (Å²) >= 11 is 3.19. The zero-order chi connectivity index (χ0) is 16.0. The van der Waals surface area contributed by atoms with E-state index >= 15 is 0 Å². The molecule has 1 amide bonds. The van der Waals surface area contributed by atoms with E-state index in [-0.39, 0.29) is 5.91 Å². The third kappa shape index (κ3) is 2.86. The minimum atomic E-state index is 0.194. The van der Waals surface area contributed by atoms with Crippen molar-refractivity contribution in [3.05, 3.63) is 10.9 Å². The van der Waals surface area contributed by atoms with E-state index in [1.54, 1.807) is 11.3 Å². The first-order valence-electron chi connectivity index (χ1n) is 8.19. The number of thiazole rings is 1. The Kier molecular flexibility index (Phi) is 4.03. The lowest BCUT2D eigenvalue weighted by Crippen LogP contribution is -2.32. The van der Waals surface area contributed by atoms with E-state index in [9.17, 15) is 4.79 Å². The van der Waals surface area contributed by atoms with Crippen molar-refractivity contribution in [1.82, 2.24) is 15.2 Å². The van der Waals surface area contributed by atoms with Gasteiger partial charge in [0, 0.05) is 27.2 Å². The molecule has 2 aromatic rings. The fourth-order valence-corrected chi connectivity index (χ4v) is 5.70. The van der Waals surface area contributed by atoms with E-state index in [1.165, 1.54) is 11.3 Å². The van der Waals surface area contributed by atoms with Crippen molar-refractivity contribution in [2.24, 2.45) is 11.8 Å². The Hall–Kier alpha value is -1.18. The lowest BCUT2D eigenvalue weighted by atomic mass is 9.92. The number of anilines is 1. The van der Waals surface area contributed by atoms with Crippen LogP contribution in [0.15, 0.2) is 6.07 Å². The molecule has 0 saturated carbocycles. The number of carbonyl (C=O) groups is 1. The first-order valence-corrected chi connectivity index (χ1v) is 9.83. The van der Waals surface area contributed by atoms with Crippen LogP contribution in [0.4, 0.5) is 5.13 Å². The van der Waals surface area contributed by atoms with Crippen LogP contribution in [0.2, 0.25) is 0 Å². The van der Waals surface area contributed by atoms with Crippen molar-refractivity contribution < 1.29 is 4.79 Å². The molecule has 2 atom stereocenters. The predicted molar refractivity (Wildman–Crippen MR) is 96.8 cm³/mol. The Morgan fingerprint density at radius 3 is 2.57 bits per heavy atom. The van der Waals surface area contributed by atoms with Gasteiger partial charge in [0.25, 0.3) is 5.91 Å². The van der Waals surface area contributed by atoms with Crippen LogP contribution in [0, 0.1) is 11.8 Å². The number of amides is 1. The van der Waals surface area contributed by atoms with Gasteiger partial charge in [0.05, 0.1) is 9.58 Å². The second-order valence-corrected chi connectivity index (χ2v) is 8.76. The summed E-state index contributed by atoms with van der Waals surface area (Å²) in [6, 6.07) is 2.03. The molecule has 0 aliphatic carbocycles. The summed E-state index contributed by atoms with van der Waals surface area (Å²) in [7, 11) is 3.99. The van der Waals surface area contributed by atoms with Crippen LogP contribution >= 0.6 is 22.7 Å². The topological polar surface area (TPSA) is 48.5 Å². The molecule has 0 radical (unpaired) electrons. The van der Waals surface area contributed by atoms with E-state index in [4.69, 9.17) is 0 Å². The number of likely N-dealkylation sites (tertiary alicyclic amines) is 1. The molecule has 1 N–H and O–H groups in total. The molecule has 124 valence electrons. The summed E-state index contributed by atoms with van der Waals surface area (Å²) in [4.78, 5) is 23.4. The summed E-state index contributed by atoms with van der Waals surface area (Å²) in [6.07, 6.45) is 2.26. The predicted octanol–water partition coefficient (Wildman–Crippen LogP) is 2.50. The molecule has 2 saturated heterocycles. The fourth-order valence-electron chi connectivity index (χ4n) is 3.60. The SMILES string of the molecule is CN(C)c1nc2sc(C(=O)N3CC[C@@H]4CNC[C@@H]4CC3)cc2s1. The zero-order valence-electron chi connectivity index (χ0n) is 13.5. The van der Waals surface area contributed by atoms with Gasteiger partial charge in [-0.3, -0.25) is 4.79 Å². The number of nitrogens with zero attached hydrogens (tertiary/aromatic N) is 3. The summed E-state index contributed by atoms with van der Waals surface area (Å²) < 4.78 is 1.12. The molecule has 2 aliphatic rings. The van der Waals surface area contributed by atoms with Crippen LogP contribution in [0.25, 0.3) is 9.53 Å². The van der Waals surface area contributed by atoms with Gasteiger partial charge in [-0.1, -0.05) is 11.3 Å². The monoisotopic (exact) mass is 350 g/mol. The van der Waals surface area contributed by atoms with Crippen molar-refractivity contribution in [3.8, 4) is 0 Å². The van der Waals surface area contributed by atoms with E-state index in [2.05, 4.69) is 15.2 Å². The van der Waals surface area contributed by atoms with E-state index in [0.717, 1.165) is 70.4 Å². The minimum absolute atomic E-state index is 0.194. The van der Waals surface area contributed by atoms with Gasteiger partial charge in [-0.25, -0.2) is 4.98 Å². The molecule has 4 rings (SSSR count).